The summed E-state index contributed by atoms with van der Waals surface area (Å²) in [6.07, 6.45) is 2.06. The fourth-order valence-electron chi connectivity index (χ4n) is 3.74. The lowest BCUT2D eigenvalue weighted by molar-refractivity contribution is -0.131. The van der Waals surface area contributed by atoms with Crippen LogP contribution in [0.5, 0.6) is 0 Å². The molecular weight excluding hydrogens is 357 g/mol. The maximum Gasteiger partial charge on any atom is 0.226 e. The van der Waals surface area contributed by atoms with Gasteiger partial charge in [-0.05, 0) is 30.5 Å². The summed E-state index contributed by atoms with van der Waals surface area (Å²) < 4.78 is 15.5. The number of benzene rings is 1. The number of carbonyl (C=O) groups excluding carboxylic acids is 1. The van der Waals surface area contributed by atoms with Gasteiger partial charge in [0.25, 0.3) is 0 Å². The van der Waals surface area contributed by atoms with Gasteiger partial charge in [0.05, 0.1) is 13.0 Å². The van der Waals surface area contributed by atoms with E-state index in [0.717, 1.165) is 62.8 Å². The van der Waals surface area contributed by atoms with E-state index in [-0.39, 0.29) is 30.6 Å². The van der Waals surface area contributed by atoms with E-state index in [2.05, 4.69) is 20.1 Å². The Labute approximate surface area is 158 Å². The standard InChI is InChI=1S/C18H22FN5O.ClH/c19-15-3-1-2-13(10-15)11-17(25)23-7-4-14(5-8-23)18-22-21-16-12-20-6-9-24(16)18;/h1-3,10,14,20H,4-9,11-12H2;1H. The second-order valence-electron chi connectivity index (χ2n) is 6.76. The molecule has 1 amide bonds. The predicted molar refractivity (Wildman–Crippen MR) is 97.6 cm³/mol. The third kappa shape index (κ3) is 3.88. The van der Waals surface area contributed by atoms with Gasteiger partial charge < -0.3 is 14.8 Å². The van der Waals surface area contributed by atoms with Crippen molar-refractivity contribution in [3.63, 3.8) is 0 Å². The van der Waals surface area contributed by atoms with Crippen LogP contribution in [0.2, 0.25) is 0 Å². The zero-order valence-corrected chi connectivity index (χ0v) is 15.3. The lowest BCUT2D eigenvalue weighted by Gasteiger charge is -2.32. The maximum atomic E-state index is 13.3. The van der Waals surface area contributed by atoms with Crippen molar-refractivity contribution in [2.75, 3.05) is 19.6 Å². The van der Waals surface area contributed by atoms with E-state index in [1.54, 1.807) is 12.1 Å². The van der Waals surface area contributed by atoms with Gasteiger partial charge in [-0.3, -0.25) is 4.79 Å². The Morgan fingerprint density at radius 1 is 1.23 bits per heavy atom. The number of amides is 1. The molecule has 0 unspecified atom stereocenters. The summed E-state index contributed by atoms with van der Waals surface area (Å²) in [6, 6.07) is 6.27. The molecular formula is C18H23ClFN5O. The molecule has 26 heavy (non-hydrogen) atoms. The zero-order valence-electron chi connectivity index (χ0n) is 14.5. The molecule has 0 bridgehead atoms. The second-order valence-corrected chi connectivity index (χ2v) is 6.76. The molecule has 2 aliphatic rings. The van der Waals surface area contributed by atoms with Crippen molar-refractivity contribution in [1.29, 1.82) is 0 Å². The SMILES string of the molecule is Cl.O=C(Cc1cccc(F)c1)N1CCC(c2nnc3n2CCNC3)CC1. The van der Waals surface area contributed by atoms with Crippen molar-refractivity contribution in [2.45, 2.75) is 38.3 Å². The lowest BCUT2D eigenvalue weighted by atomic mass is 9.95. The molecule has 0 spiro atoms. The summed E-state index contributed by atoms with van der Waals surface area (Å²) in [4.78, 5) is 14.4. The van der Waals surface area contributed by atoms with Crippen LogP contribution in [-0.2, 0) is 24.3 Å². The number of likely N-dealkylation sites (tertiary alicyclic amines) is 1. The largest absolute Gasteiger partial charge is 0.342 e. The number of nitrogens with one attached hydrogen (secondary N) is 1. The smallest absolute Gasteiger partial charge is 0.226 e. The number of hydrogen-bond donors (Lipinski definition) is 1. The highest BCUT2D eigenvalue weighted by Gasteiger charge is 2.28. The van der Waals surface area contributed by atoms with E-state index in [1.165, 1.54) is 12.1 Å². The minimum atomic E-state index is -0.296. The quantitative estimate of drug-likeness (QED) is 0.884. The zero-order chi connectivity index (χ0) is 17.2. The fraction of sp³-hybridized carbons (Fsp3) is 0.500. The number of piperidine rings is 1. The first-order chi connectivity index (χ1) is 12.2. The normalized spacial score (nSPS) is 17.5. The van der Waals surface area contributed by atoms with Crippen LogP contribution in [0.3, 0.4) is 0 Å². The molecule has 0 aliphatic carbocycles. The Bertz CT molecular complexity index is 773. The molecule has 1 aromatic carbocycles. The molecule has 4 rings (SSSR count). The van der Waals surface area contributed by atoms with Gasteiger partial charge in [-0.25, -0.2) is 4.39 Å². The third-order valence-electron chi connectivity index (χ3n) is 5.11. The predicted octanol–water partition coefficient (Wildman–Crippen LogP) is 1.89. The van der Waals surface area contributed by atoms with Crippen LogP contribution in [0.4, 0.5) is 4.39 Å². The summed E-state index contributed by atoms with van der Waals surface area (Å²) >= 11 is 0. The summed E-state index contributed by atoms with van der Waals surface area (Å²) in [7, 11) is 0. The third-order valence-corrected chi connectivity index (χ3v) is 5.11. The molecule has 6 nitrogen and oxygen atoms in total. The Hall–Kier alpha value is -1.99. The number of rotatable bonds is 3. The number of hydrogen-bond acceptors (Lipinski definition) is 4. The van der Waals surface area contributed by atoms with Crippen LogP contribution in [0.25, 0.3) is 0 Å². The van der Waals surface area contributed by atoms with Gasteiger partial charge in [0, 0.05) is 32.1 Å². The van der Waals surface area contributed by atoms with E-state index in [9.17, 15) is 9.18 Å². The van der Waals surface area contributed by atoms with E-state index in [1.807, 2.05) is 4.90 Å². The van der Waals surface area contributed by atoms with Crippen molar-refractivity contribution >= 4 is 18.3 Å². The summed E-state index contributed by atoms with van der Waals surface area (Å²) in [5, 5.41) is 12.0. The molecule has 140 valence electrons. The van der Waals surface area contributed by atoms with Crippen molar-refractivity contribution in [3.05, 3.63) is 47.3 Å². The topological polar surface area (TPSA) is 63.1 Å². The Balaban J connectivity index is 0.00000196. The molecule has 1 fully saturated rings. The van der Waals surface area contributed by atoms with Gasteiger partial charge in [-0.15, -0.1) is 22.6 Å². The van der Waals surface area contributed by atoms with Crippen LogP contribution >= 0.6 is 12.4 Å². The van der Waals surface area contributed by atoms with Crippen molar-refractivity contribution in [1.82, 2.24) is 25.0 Å². The minimum Gasteiger partial charge on any atom is -0.342 e. The Kier molecular flexibility index (Phi) is 5.88. The Morgan fingerprint density at radius 2 is 2.04 bits per heavy atom. The highest BCUT2D eigenvalue weighted by atomic mass is 35.5. The van der Waals surface area contributed by atoms with Crippen LogP contribution in [0.15, 0.2) is 24.3 Å². The average Bonchev–Trinajstić information content (AvgIpc) is 3.06. The first-order valence-corrected chi connectivity index (χ1v) is 8.85. The van der Waals surface area contributed by atoms with Crippen LogP contribution in [-0.4, -0.2) is 45.2 Å². The summed E-state index contributed by atoms with van der Waals surface area (Å²) in [5.41, 5.74) is 0.728. The monoisotopic (exact) mass is 379 g/mol. The second kappa shape index (κ2) is 8.14. The summed E-state index contributed by atoms with van der Waals surface area (Å²) in [5.74, 6) is 2.20. The maximum absolute atomic E-state index is 13.3. The number of fused-ring (bicyclic) bond motifs is 1. The molecule has 1 aromatic heterocycles. The van der Waals surface area contributed by atoms with E-state index < -0.39 is 0 Å². The minimum absolute atomic E-state index is 0. The van der Waals surface area contributed by atoms with Crippen LogP contribution in [0.1, 0.15) is 36.0 Å². The molecule has 8 heteroatoms. The molecule has 0 atom stereocenters. The van der Waals surface area contributed by atoms with Gasteiger partial charge in [0.15, 0.2) is 0 Å². The molecule has 0 saturated carbocycles. The molecule has 0 radical (unpaired) electrons. The number of nitrogens with zero attached hydrogens (tertiary/aromatic N) is 4. The van der Waals surface area contributed by atoms with E-state index in [4.69, 9.17) is 0 Å². The number of aromatic nitrogens is 3. The first kappa shape index (κ1) is 18.8. The molecule has 2 aromatic rings. The van der Waals surface area contributed by atoms with Gasteiger partial charge in [0.1, 0.15) is 17.5 Å². The van der Waals surface area contributed by atoms with E-state index in [0.29, 0.717) is 5.92 Å². The van der Waals surface area contributed by atoms with Crippen molar-refractivity contribution in [3.8, 4) is 0 Å². The van der Waals surface area contributed by atoms with Gasteiger partial charge in [-0.2, -0.15) is 0 Å². The van der Waals surface area contributed by atoms with Gasteiger partial charge in [0.2, 0.25) is 5.91 Å². The summed E-state index contributed by atoms with van der Waals surface area (Å²) in [6.45, 7) is 4.08. The number of carbonyl (C=O) groups is 1. The Morgan fingerprint density at radius 3 is 2.81 bits per heavy atom. The fourth-order valence-corrected chi connectivity index (χ4v) is 3.74. The van der Waals surface area contributed by atoms with Crippen molar-refractivity contribution in [2.24, 2.45) is 0 Å². The van der Waals surface area contributed by atoms with Gasteiger partial charge in [-0.1, -0.05) is 12.1 Å². The number of halogens is 2. The lowest BCUT2D eigenvalue weighted by Crippen LogP contribution is -2.39. The van der Waals surface area contributed by atoms with E-state index >= 15 is 0 Å². The van der Waals surface area contributed by atoms with Crippen LogP contribution < -0.4 is 5.32 Å². The highest BCUT2D eigenvalue weighted by Crippen LogP contribution is 2.28. The highest BCUT2D eigenvalue weighted by molar-refractivity contribution is 5.85. The molecule has 3 heterocycles. The van der Waals surface area contributed by atoms with Crippen molar-refractivity contribution < 1.29 is 9.18 Å². The van der Waals surface area contributed by atoms with Crippen LogP contribution in [0, 0.1) is 5.82 Å². The molecule has 1 saturated heterocycles. The molecule has 1 N–H and O–H groups in total. The molecule has 2 aliphatic heterocycles. The first-order valence-electron chi connectivity index (χ1n) is 8.85. The van der Waals surface area contributed by atoms with Gasteiger partial charge >= 0.3 is 0 Å². The average molecular weight is 380 g/mol.